The number of nitrogens with zero attached hydrogens (tertiary/aromatic N) is 4. The smallest absolute Gasteiger partial charge is 0.223 e. The molecule has 8 heteroatoms. The second-order valence-corrected chi connectivity index (χ2v) is 10.3. The Kier molecular flexibility index (Phi) is 6.62. The van der Waals surface area contributed by atoms with Crippen molar-refractivity contribution in [1.29, 1.82) is 0 Å². The molecule has 0 radical (unpaired) electrons. The molecule has 8 nitrogen and oxygen atoms in total. The summed E-state index contributed by atoms with van der Waals surface area (Å²) in [7, 11) is 1.68. The zero-order valence-corrected chi connectivity index (χ0v) is 21.8. The van der Waals surface area contributed by atoms with Crippen LogP contribution < -0.4 is 10.1 Å². The van der Waals surface area contributed by atoms with Crippen molar-refractivity contribution in [3.8, 4) is 11.4 Å². The van der Waals surface area contributed by atoms with E-state index in [2.05, 4.69) is 44.6 Å². The van der Waals surface area contributed by atoms with Crippen molar-refractivity contribution in [2.24, 2.45) is 11.1 Å². The lowest BCUT2D eigenvalue weighted by atomic mass is 9.98. The number of hydrogen-bond donors (Lipinski definition) is 1. The molecule has 0 spiro atoms. The minimum absolute atomic E-state index is 0.0606. The van der Waals surface area contributed by atoms with E-state index < -0.39 is 0 Å². The lowest BCUT2D eigenvalue weighted by molar-refractivity contribution is -0.122. The summed E-state index contributed by atoms with van der Waals surface area (Å²) in [5, 5.41) is 7.63. The van der Waals surface area contributed by atoms with E-state index in [1.807, 2.05) is 48.0 Å². The number of carbonyl (C=O) groups excluding carboxylic acids is 1. The third-order valence-corrected chi connectivity index (χ3v) is 7.66. The molecule has 1 aliphatic carbocycles. The number of imidazole rings is 1. The van der Waals surface area contributed by atoms with Crippen LogP contribution in [0.2, 0.25) is 0 Å². The van der Waals surface area contributed by atoms with Crippen molar-refractivity contribution in [3.05, 3.63) is 83.4 Å². The molecule has 2 fully saturated rings. The second kappa shape index (κ2) is 10.4. The Morgan fingerprint density at radius 3 is 2.89 bits per heavy atom. The number of amidine groups is 1. The average Bonchev–Trinajstić information content (AvgIpc) is 3.65. The van der Waals surface area contributed by atoms with E-state index in [0.29, 0.717) is 19.1 Å². The predicted molar refractivity (Wildman–Crippen MR) is 146 cm³/mol. The fourth-order valence-electron chi connectivity index (χ4n) is 5.54. The molecule has 3 atom stereocenters. The van der Waals surface area contributed by atoms with E-state index in [1.165, 1.54) is 5.56 Å². The van der Waals surface area contributed by atoms with Crippen LogP contribution in [0.4, 0.5) is 0 Å². The largest absolute Gasteiger partial charge is 0.495 e. The van der Waals surface area contributed by atoms with Gasteiger partial charge in [0.25, 0.3) is 0 Å². The molecule has 1 saturated carbocycles. The number of nitrogens with one attached hydrogen (secondary N) is 1. The molecular formula is C30H33N5O3. The quantitative estimate of drug-likeness (QED) is 0.512. The minimum atomic E-state index is 0.0606. The van der Waals surface area contributed by atoms with Gasteiger partial charge in [0.1, 0.15) is 12.4 Å². The predicted octanol–water partition coefficient (Wildman–Crippen LogP) is 4.30. The molecule has 196 valence electrons. The standard InChI is InChI=1S/C30H33N5O3/c1-20-17-34(19-32-20)27-11-10-21(14-28(27)37-2)13-23-9-6-12-35-24(18-38-33-29(23)35)16-31-30(36)26-15-25(26)22-7-4-3-5-8-22/h3-5,7-8,10-11,13-14,17,19,24-26H,6,9,12,15-16,18H2,1-2H3,(H,31,36)/b23-13+/t24-,25-,26+/m0/s1. The van der Waals surface area contributed by atoms with Crippen molar-refractivity contribution in [1.82, 2.24) is 19.8 Å². The summed E-state index contributed by atoms with van der Waals surface area (Å²) in [4.78, 5) is 25.1. The van der Waals surface area contributed by atoms with Crippen molar-refractivity contribution < 1.29 is 14.4 Å². The maximum absolute atomic E-state index is 12.9. The number of aromatic nitrogens is 2. The molecule has 2 aromatic carbocycles. The van der Waals surface area contributed by atoms with Crippen LogP contribution in [0.5, 0.6) is 5.75 Å². The zero-order chi connectivity index (χ0) is 26.1. The Morgan fingerprint density at radius 2 is 2.11 bits per heavy atom. The number of ether oxygens (including phenoxy) is 1. The molecule has 1 saturated heterocycles. The topological polar surface area (TPSA) is 81.0 Å². The van der Waals surface area contributed by atoms with Crippen molar-refractivity contribution in [2.75, 3.05) is 26.8 Å². The Labute approximate surface area is 222 Å². The molecule has 1 amide bonds. The molecule has 38 heavy (non-hydrogen) atoms. The van der Waals surface area contributed by atoms with Gasteiger partial charge in [-0.15, -0.1) is 0 Å². The Balaban J connectivity index is 1.13. The fraction of sp³-hybridized carbons (Fsp3) is 0.367. The van der Waals surface area contributed by atoms with Crippen LogP contribution in [0.25, 0.3) is 11.8 Å². The number of piperidine rings is 1. The second-order valence-electron chi connectivity index (χ2n) is 10.3. The van der Waals surface area contributed by atoms with Crippen molar-refractivity contribution in [3.63, 3.8) is 0 Å². The highest BCUT2D eigenvalue weighted by Gasteiger charge is 2.44. The van der Waals surface area contributed by atoms with E-state index in [1.54, 1.807) is 13.4 Å². The van der Waals surface area contributed by atoms with Crippen LogP contribution in [-0.4, -0.2) is 59.0 Å². The molecule has 0 unspecified atom stereocenters. The number of oxime groups is 1. The van der Waals surface area contributed by atoms with Gasteiger partial charge >= 0.3 is 0 Å². The maximum atomic E-state index is 12.9. The van der Waals surface area contributed by atoms with Gasteiger partial charge in [0.15, 0.2) is 5.84 Å². The first-order valence-corrected chi connectivity index (χ1v) is 13.3. The molecule has 6 rings (SSSR count). The molecular weight excluding hydrogens is 478 g/mol. The van der Waals surface area contributed by atoms with Gasteiger partial charge < -0.3 is 24.4 Å². The molecule has 1 N–H and O–H groups in total. The van der Waals surface area contributed by atoms with E-state index >= 15 is 0 Å². The number of hydrogen-bond acceptors (Lipinski definition) is 6. The minimum Gasteiger partial charge on any atom is -0.495 e. The third-order valence-electron chi connectivity index (χ3n) is 7.66. The highest BCUT2D eigenvalue weighted by molar-refractivity contribution is 6.03. The number of fused-ring (bicyclic) bond motifs is 1. The molecule has 3 aromatic rings. The van der Waals surface area contributed by atoms with Crippen LogP contribution in [0.1, 0.15) is 42.0 Å². The number of methoxy groups -OCH3 is 1. The summed E-state index contributed by atoms with van der Waals surface area (Å²) in [5.74, 6) is 2.18. The van der Waals surface area contributed by atoms with Crippen molar-refractivity contribution in [2.45, 2.75) is 38.1 Å². The Hall–Kier alpha value is -4.07. The van der Waals surface area contributed by atoms with Crippen LogP contribution >= 0.6 is 0 Å². The molecule has 0 bridgehead atoms. The summed E-state index contributed by atoms with van der Waals surface area (Å²) >= 11 is 0. The van der Waals surface area contributed by atoms with Crippen LogP contribution in [0.3, 0.4) is 0 Å². The van der Waals surface area contributed by atoms with Gasteiger partial charge in [0.05, 0.1) is 30.9 Å². The summed E-state index contributed by atoms with van der Waals surface area (Å²) < 4.78 is 7.66. The third kappa shape index (κ3) is 4.90. The Bertz CT molecular complexity index is 1380. The lowest BCUT2D eigenvalue weighted by Crippen LogP contribution is -2.53. The number of aryl methyl sites for hydroxylation is 1. The maximum Gasteiger partial charge on any atom is 0.223 e. The van der Waals surface area contributed by atoms with E-state index in [4.69, 9.17) is 9.57 Å². The van der Waals surface area contributed by atoms with Crippen LogP contribution in [-0.2, 0) is 9.63 Å². The van der Waals surface area contributed by atoms with Gasteiger partial charge in [0.2, 0.25) is 5.91 Å². The highest BCUT2D eigenvalue weighted by atomic mass is 16.6. The molecule has 2 aliphatic heterocycles. The fourth-order valence-corrected chi connectivity index (χ4v) is 5.54. The summed E-state index contributed by atoms with van der Waals surface area (Å²) in [5.41, 5.74) is 5.32. The molecule has 3 aliphatic rings. The number of carbonyl (C=O) groups is 1. The van der Waals surface area contributed by atoms with Crippen LogP contribution in [0, 0.1) is 12.8 Å². The normalized spacial score (nSPS) is 23.3. The number of benzene rings is 2. The first kappa shape index (κ1) is 24.3. The summed E-state index contributed by atoms with van der Waals surface area (Å²) in [6.07, 6.45) is 8.80. The summed E-state index contributed by atoms with van der Waals surface area (Å²) in [6.45, 7) is 3.89. The van der Waals surface area contributed by atoms with E-state index in [-0.39, 0.29) is 17.9 Å². The SMILES string of the molecule is COc1cc(/C=C2\CCCN3C2=NOC[C@@H]3CNC(=O)[C@@H]2C[C@H]2c2ccccc2)ccc1-n1cnc(C)c1. The monoisotopic (exact) mass is 511 g/mol. The van der Waals surface area contributed by atoms with Crippen LogP contribution in [0.15, 0.2) is 71.8 Å². The van der Waals surface area contributed by atoms with Gasteiger partial charge in [0, 0.05) is 25.2 Å². The highest BCUT2D eigenvalue weighted by Crippen LogP contribution is 2.47. The first-order valence-electron chi connectivity index (χ1n) is 13.3. The number of rotatable bonds is 7. The van der Waals surface area contributed by atoms with Gasteiger partial charge in [-0.25, -0.2) is 4.98 Å². The number of amides is 1. The first-order chi connectivity index (χ1) is 18.6. The van der Waals surface area contributed by atoms with E-state index in [0.717, 1.165) is 59.9 Å². The van der Waals surface area contributed by atoms with Gasteiger partial charge in [-0.05, 0) is 67.0 Å². The van der Waals surface area contributed by atoms with E-state index in [9.17, 15) is 4.79 Å². The van der Waals surface area contributed by atoms with Gasteiger partial charge in [-0.3, -0.25) is 4.79 Å². The van der Waals surface area contributed by atoms with Gasteiger partial charge in [-0.2, -0.15) is 0 Å². The summed E-state index contributed by atoms with van der Waals surface area (Å²) in [6, 6.07) is 16.5. The Morgan fingerprint density at radius 1 is 1.24 bits per heavy atom. The van der Waals surface area contributed by atoms with Crippen molar-refractivity contribution >= 4 is 17.8 Å². The van der Waals surface area contributed by atoms with Gasteiger partial charge in [-0.1, -0.05) is 41.6 Å². The lowest BCUT2D eigenvalue weighted by Gasteiger charge is -2.40. The average molecular weight is 512 g/mol. The molecule has 1 aromatic heterocycles. The molecule has 3 heterocycles. The zero-order valence-electron chi connectivity index (χ0n) is 21.8.